The number of rotatable bonds is 5. The van der Waals surface area contributed by atoms with Crippen molar-refractivity contribution >= 4 is 23.2 Å². The van der Waals surface area contributed by atoms with Crippen molar-refractivity contribution < 1.29 is 14.3 Å². The van der Waals surface area contributed by atoms with Crippen LogP contribution in [-0.4, -0.2) is 29.9 Å². The summed E-state index contributed by atoms with van der Waals surface area (Å²) >= 11 is 0. The van der Waals surface area contributed by atoms with Gasteiger partial charge in [-0.2, -0.15) is 0 Å². The second kappa shape index (κ2) is 8.64. The van der Waals surface area contributed by atoms with Crippen LogP contribution in [0.25, 0.3) is 0 Å². The molecule has 1 aliphatic rings. The molecule has 1 aromatic heterocycles. The molecule has 3 rings (SSSR count). The van der Waals surface area contributed by atoms with Crippen LogP contribution in [0.1, 0.15) is 36.0 Å². The number of methoxy groups -OCH3 is 1. The lowest BCUT2D eigenvalue weighted by molar-refractivity contribution is -0.120. The summed E-state index contributed by atoms with van der Waals surface area (Å²) < 4.78 is 5.37. The van der Waals surface area contributed by atoms with Crippen molar-refractivity contribution in [1.29, 1.82) is 0 Å². The Labute approximate surface area is 158 Å². The number of carbonyl (C=O) groups is 2. The quantitative estimate of drug-likeness (QED) is 0.752. The lowest BCUT2D eigenvalue weighted by Gasteiger charge is -2.25. The number of nitrogens with zero attached hydrogens (tertiary/aromatic N) is 1. The zero-order valence-corrected chi connectivity index (χ0v) is 15.3. The van der Waals surface area contributed by atoms with E-state index in [4.69, 9.17) is 10.5 Å². The molecule has 7 nitrogen and oxygen atoms in total. The van der Waals surface area contributed by atoms with Crippen molar-refractivity contribution in [1.82, 2.24) is 4.98 Å². The normalized spacial score (nSPS) is 19.2. The minimum atomic E-state index is -0.283. The van der Waals surface area contributed by atoms with E-state index in [1.807, 2.05) is 0 Å². The first-order valence-corrected chi connectivity index (χ1v) is 9.02. The van der Waals surface area contributed by atoms with Crippen molar-refractivity contribution in [2.24, 2.45) is 11.7 Å². The second-order valence-corrected chi connectivity index (χ2v) is 6.72. The fourth-order valence-electron chi connectivity index (χ4n) is 3.27. The van der Waals surface area contributed by atoms with Gasteiger partial charge in [-0.1, -0.05) is 6.42 Å². The molecule has 1 aliphatic carbocycles. The highest BCUT2D eigenvalue weighted by atomic mass is 16.5. The van der Waals surface area contributed by atoms with Crippen LogP contribution in [0.5, 0.6) is 5.75 Å². The molecule has 1 aromatic carbocycles. The molecule has 0 radical (unpaired) electrons. The van der Waals surface area contributed by atoms with Crippen molar-refractivity contribution in [2.45, 2.75) is 31.7 Å². The van der Waals surface area contributed by atoms with Gasteiger partial charge < -0.3 is 21.1 Å². The van der Waals surface area contributed by atoms with Crippen LogP contribution in [0.4, 0.5) is 11.4 Å². The summed E-state index contributed by atoms with van der Waals surface area (Å²) in [5, 5.41) is 5.72. The third-order valence-corrected chi connectivity index (χ3v) is 4.73. The number of nitrogens with one attached hydrogen (secondary N) is 2. The average Bonchev–Trinajstić information content (AvgIpc) is 2.69. The number of anilines is 2. The minimum absolute atomic E-state index is 0.0284. The molecule has 27 heavy (non-hydrogen) atoms. The van der Waals surface area contributed by atoms with E-state index in [1.165, 1.54) is 13.3 Å². The molecule has 4 N–H and O–H groups in total. The maximum Gasteiger partial charge on any atom is 0.257 e. The van der Waals surface area contributed by atoms with Crippen LogP contribution in [-0.2, 0) is 4.79 Å². The molecule has 2 aromatic rings. The number of carbonyl (C=O) groups excluding carboxylic acids is 2. The molecule has 0 aliphatic heterocycles. The van der Waals surface area contributed by atoms with Gasteiger partial charge in [0.1, 0.15) is 5.75 Å². The number of hydrogen-bond acceptors (Lipinski definition) is 5. The van der Waals surface area contributed by atoms with Crippen molar-refractivity contribution in [3.05, 3.63) is 48.3 Å². The molecular weight excluding hydrogens is 344 g/mol. The monoisotopic (exact) mass is 368 g/mol. The summed E-state index contributed by atoms with van der Waals surface area (Å²) in [6.07, 6.45) is 6.61. The van der Waals surface area contributed by atoms with Gasteiger partial charge in [-0.25, -0.2) is 0 Å². The van der Waals surface area contributed by atoms with Gasteiger partial charge in [0.25, 0.3) is 5.91 Å². The molecule has 1 heterocycles. The second-order valence-electron chi connectivity index (χ2n) is 6.72. The zero-order valence-electron chi connectivity index (χ0n) is 15.3. The molecule has 0 saturated heterocycles. The summed E-state index contributed by atoms with van der Waals surface area (Å²) in [6.45, 7) is 0. The highest BCUT2D eigenvalue weighted by Crippen LogP contribution is 2.30. The predicted molar refractivity (Wildman–Crippen MR) is 104 cm³/mol. The third kappa shape index (κ3) is 4.83. The number of ether oxygens (including phenoxy) is 1. The molecule has 0 bridgehead atoms. The van der Waals surface area contributed by atoms with Crippen LogP contribution in [0.15, 0.2) is 42.7 Å². The number of benzene rings is 1. The Balaban J connectivity index is 1.68. The first kappa shape index (κ1) is 18.8. The lowest BCUT2D eigenvalue weighted by atomic mass is 9.85. The smallest absolute Gasteiger partial charge is 0.257 e. The fraction of sp³-hybridized carbons (Fsp3) is 0.350. The van der Waals surface area contributed by atoms with Gasteiger partial charge >= 0.3 is 0 Å². The predicted octanol–water partition coefficient (Wildman–Crippen LogP) is 2.80. The van der Waals surface area contributed by atoms with E-state index < -0.39 is 0 Å². The number of amides is 2. The Morgan fingerprint density at radius 1 is 1.22 bits per heavy atom. The zero-order chi connectivity index (χ0) is 19.2. The number of hydrogen-bond donors (Lipinski definition) is 3. The maximum absolute atomic E-state index is 12.5. The van der Waals surface area contributed by atoms with Gasteiger partial charge in [0.2, 0.25) is 5.91 Å². The minimum Gasteiger partial charge on any atom is -0.494 e. The Hall–Kier alpha value is -2.93. The van der Waals surface area contributed by atoms with E-state index >= 15 is 0 Å². The first-order chi connectivity index (χ1) is 13.1. The van der Waals surface area contributed by atoms with Crippen LogP contribution < -0.4 is 21.1 Å². The van der Waals surface area contributed by atoms with E-state index in [2.05, 4.69) is 15.6 Å². The Morgan fingerprint density at radius 2 is 2.07 bits per heavy atom. The summed E-state index contributed by atoms with van der Waals surface area (Å²) in [5.74, 6) is 0.0869. The Bertz CT molecular complexity index is 810. The molecule has 7 heteroatoms. The van der Waals surface area contributed by atoms with E-state index in [9.17, 15) is 9.59 Å². The van der Waals surface area contributed by atoms with E-state index in [0.29, 0.717) is 29.1 Å². The van der Waals surface area contributed by atoms with Crippen LogP contribution in [0.3, 0.4) is 0 Å². The van der Waals surface area contributed by atoms with Crippen molar-refractivity contribution in [3.8, 4) is 5.75 Å². The number of aromatic nitrogens is 1. The Morgan fingerprint density at radius 3 is 2.78 bits per heavy atom. The largest absolute Gasteiger partial charge is 0.494 e. The average molecular weight is 368 g/mol. The highest BCUT2D eigenvalue weighted by Gasteiger charge is 2.25. The summed E-state index contributed by atoms with van der Waals surface area (Å²) in [7, 11) is 1.51. The third-order valence-electron chi connectivity index (χ3n) is 4.73. The van der Waals surface area contributed by atoms with Crippen LogP contribution in [0, 0.1) is 5.92 Å². The van der Waals surface area contributed by atoms with Gasteiger partial charge in [-0.15, -0.1) is 0 Å². The lowest BCUT2D eigenvalue weighted by Crippen LogP contribution is -2.34. The molecule has 2 amide bonds. The van der Waals surface area contributed by atoms with Gasteiger partial charge in [-0.05, 0) is 43.5 Å². The van der Waals surface area contributed by atoms with E-state index in [0.717, 1.165) is 19.3 Å². The van der Waals surface area contributed by atoms with Gasteiger partial charge in [0, 0.05) is 36.1 Å². The van der Waals surface area contributed by atoms with Gasteiger partial charge in [-0.3, -0.25) is 14.6 Å². The van der Waals surface area contributed by atoms with Gasteiger partial charge in [0.05, 0.1) is 18.4 Å². The molecule has 0 spiro atoms. The molecule has 0 unspecified atom stereocenters. The Kier molecular flexibility index (Phi) is 6.03. The number of pyridine rings is 1. The highest BCUT2D eigenvalue weighted by molar-refractivity contribution is 6.05. The van der Waals surface area contributed by atoms with E-state index in [1.54, 1.807) is 36.5 Å². The molecule has 2 atom stereocenters. The molecule has 1 saturated carbocycles. The molecule has 142 valence electrons. The SMILES string of the molecule is COc1cc(NC(=O)[C@@H]2CCC[C@@H](N)C2)ccc1NC(=O)c1cccnc1. The first-order valence-electron chi connectivity index (χ1n) is 9.02. The molecule has 1 fully saturated rings. The van der Waals surface area contributed by atoms with E-state index in [-0.39, 0.29) is 23.8 Å². The van der Waals surface area contributed by atoms with Gasteiger partial charge in [0.15, 0.2) is 0 Å². The maximum atomic E-state index is 12.5. The molecular formula is C20H24N4O3. The fourth-order valence-corrected chi connectivity index (χ4v) is 3.27. The van der Waals surface area contributed by atoms with Crippen molar-refractivity contribution in [2.75, 3.05) is 17.7 Å². The van der Waals surface area contributed by atoms with Crippen LogP contribution in [0.2, 0.25) is 0 Å². The summed E-state index contributed by atoms with van der Waals surface area (Å²) in [6, 6.07) is 8.60. The standard InChI is InChI=1S/C20H24N4O3/c1-27-18-11-16(23-19(25)13-4-2-6-15(21)10-13)7-8-17(18)24-20(26)14-5-3-9-22-12-14/h3,5,7-9,11-13,15H,2,4,6,10,21H2,1H3,(H,23,25)(H,24,26)/t13-,15-/m1/s1. The van der Waals surface area contributed by atoms with Crippen molar-refractivity contribution in [3.63, 3.8) is 0 Å². The number of nitrogens with two attached hydrogens (primary N) is 1. The summed E-state index contributed by atoms with van der Waals surface area (Å²) in [4.78, 5) is 28.7. The topological polar surface area (TPSA) is 106 Å². The van der Waals surface area contributed by atoms with Crippen LogP contribution >= 0.6 is 0 Å². The summed E-state index contributed by atoms with van der Waals surface area (Å²) in [5.41, 5.74) is 7.56.